The van der Waals surface area contributed by atoms with Crippen LogP contribution in [0, 0.1) is 10.7 Å². The largest absolute Gasteiger partial charge is 0.480 e. The molecule has 8 heteroatoms. The van der Waals surface area contributed by atoms with Crippen LogP contribution in [0.3, 0.4) is 0 Å². The Morgan fingerprint density at radius 2 is 2.17 bits per heavy atom. The van der Waals surface area contributed by atoms with Crippen LogP contribution >= 0.6 is 11.8 Å². The van der Waals surface area contributed by atoms with Crippen molar-refractivity contribution in [3.05, 3.63) is 42.6 Å². The first-order valence-electron chi connectivity index (χ1n) is 7.01. The number of ether oxygens (including phenoxy) is 1. The Kier molecular flexibility index (Phi) is 4.63. The smallest absolute Gasteiger partial charge is 0.266 e. The number of nitriles is 1. The first-order chi connectivity index (χ1) is 11.7. The minimum atomic E-state index is -0.345. The van der Waals surface area contributed by atoms with Crippen molar-refractivity contribution in [2.24, 2.45) is 0 Å². The SMILES string of the molecule is N#CSc1ccc(NC(=O)CN2C(=O)COc3cccnc32)cc1. The summed E-state index contributed by atoms with van der Waals surface area (Å²) < 4.78 is 5.29. The van der Waals surface area contributed by atoms with Gasteiger partial charge in [0.25, 0.3) is 5.91 Å². The summed E-state index contributed by atoms with van der Waals surface area (Å²) in [5.74, 6) is 0.145. The molecule has 1 aromatic heterocycles. The van der Waals surface area contributed by atoms with Crippen molar-refractivity contribution in [1.29, 1.82) is 5.26 Å². The van der Waals surface area contributed by atoms with E-state index in [2.05, 4.69) is 10.3 Å². The van der Waals surface area contributed by atoms with E-state index in [9.17, 15) is 9.59 Å². The molecule has 0 saturated heterocycles. The molecule has 0 fully saturated rings. The molecule has 1 N–H and O–H groups in total. The van der Waals surface area contributed by atoms with Crippen molar-refractivity contribution in [3.63, 3.8) is 0 Å². The van der Waals surface area contributed by atoms with Gasteiger partial charge >= 0.3 is 0 Å². The number of benzene rings is 1. The number of nitrogens with zero attached hydrogens (tertiary/aromatic N) is 3. The zero-order valence-electron chi connectivity index (χ0n) is 12.4. The number of hydrogen-bond donors (Lipinski definition) is 1. The van der Waals surface area contributed by atoms with Gasteiger partial charge in [0.05, 0.1) is 0 Å². The molecule has 24 heavy (non-hydrogen) atoms. The number of nitrogens with one attached hydrogen (secondary N) is 1. The zero-order chi connectivity index (χ0) is 16.9. The van der Waals surface area contributed by atoms with E-state index in [0.29, 0.717) is 17.3 Å². The molecular weight excluding hydrogens is 328 g/mol. The number of fused-ring (bicyclic) bond motifs is 1. The molecule has 0 saturated carbocycles. The highest BCUT2D eigenvalue weighted by molar-refractivity contribution is 8.03. The van der Waals surface area contributed by atoms with E-state index >= 15 is 0 Å². The van der Waals surface area contributed by atoms with Gasteiger partial charge in [-0.1, -0.05) is 0 Å². The minimum Gasteiger partial charge on any atom is -0.480 e. The van der Waals surface area contributed by atoms with Gasteiger partial charge in [-0.05, 0) is 48.2 Å². The fourth-order valence-electron chi connectivity index (χ4n) is 2.20. The normalized spacial score (nSPS) is 12.8. The maximum Gasteiger partial charge on any atom is 0.266 e. The highest BCUT2D eigenvalue weighted by Gasteiger charge is 2.28. The second-order valence-corrected chi connectivity index (χ2v) is 5.72. The van der Waals surface area contributed by atoms with Crippen LogP contribution in [-0.4, -0.2) is 29.9 Å². The van der Waals surface area contributed by atoms with Crippen molar-refractivity contribution in [3.8, 4) is 11.2 Å². The minimum absolute atomic E-state index is 0.119. The molecule has 1 aromatic carbocycles. The summed E-state index contributed by atoms with van der Waals surface area (Å²) in [7, 11) is 0. The van der Waals surface area contributed by atoms with E-state index in [4.69, 9.17) is 10.00 Å². The van der Waals surface area contributed by atoms with Crippen LogP contribution in [0.2, 0.25) is 0 Å². The molecule has 1 aliphatic rings. The van der Waals surface area contributed by atoms with E-state index in [-0.39, 0.29) is 25.0 Å². The molecule has 120 valence electrons. The number of rotatable bonds is 4. The molecule has 2 aromatic rings. The number of aromatic nitrogens is 1. The summed E-state index contributed by atoms with van der Waals surface area (Å²) in [5, 5.41) is 13.3. The number of thioether (sulfide) groups is 1. The summed E-state index contributed by atoms with van der Waals surface area (Å²) in [6, 6.07) is 10.3. The number of hydrogen-bond acceptors (Lipinski definition) is 6. The van der Waals surface area contributed by atoms with Gasteiger partial charge in [-0.15, -0.1) is 0 Å². The number of amides is 2. The highest BCUT2D eigenvalue weighted by Crippen LogP contribution is 2.28. The van der Waals surface area contributed by atoms with Crippen LogP contribution in [0.4, 0.5) is 11.5 Å². The van der Waals surface area contributed by atoms with Gasteiger partial charge in [0.15, 0.2) is 18.2 Å². The van der Waals surface area contributed by atoms with E-state index in [1.165, 1.54) is 11.1 Å². The summed E-state index contributed by atoms with van der Waals surface area (Å²) in [5.41, 5.74) is 0.587. The van der Waals surface area contributed by atoms with Crippen molar-refractivity contribution in [2.75, 3.05) is 23.4 Å². The fourth-order valence-corrected chi connectivity index (χ4v) is 2.58. The van der Waals surface area contributed by atoms with E-state index in [1.807, 2.05) is 5.40 Å². The second kappa shape index (κ2) is 7.02. The van der Waals surface area contributed by atoms with Gasteiger partial charge in [0.2, 0.25) is 5.91 Å². The molecule has 0 bridgehead atoms. The van der Waals surface area contributed by atoms with E-state index < -0.39 is 0 Å². The van der Waals surface area contributed by atoms with Gasteiger partial charge in [-0.3, -0.25) is 14.5 Å². The predicted octanol–water partition coefficient (Wildman–Crippen LogP) is 2.02. The first kappa shape index (κ1) is 15.8. The van der Waals surface area contributed by atoms with Gasteiger partial charge in [0, 0.05) is 16.8 Å². The second-order valence-electron chi connectivity index (χ2n) is 4.86. The van der Waals surface area contributed by atoms with Crippen LogP contribution in [-0.2, 0) is 9.59 Å². The zero-order valence-corrected chi connectivity index (χ0v) is 13.2. The molecular formula is C16H12N4O3S. The maximum atomic E-state index is 12.2. The third kappa shape index (κ3) is 3.47. The standard InChI is InChI=1S/C16H12N4O3S/c17-10-24-12-5-3-11(4-6-12)19-14(21)8-20-15(22)9-23-13-2-1-7-18-16(13)20/h1-7H,8-9H2,(H,19,21). The first-order valence-corrected chi connectivity index (χ1v) is 7.83. The van der Waals surface area contributed by atoms with Crippen LogP contribution < -0.4 is 15.0 Å². The van der Waals surface area contributed by atoms with Gasteiger partial charge in [0.1, 0.15) is 11.9 Å². The lowest BCUT2D eigenvalue weighted by Gasteiger charge is -2.27. The van der Waals surface area contributed by atoms with Crippen molar-refractivity contribution >= 4 is 35.1 Å². The lowest BCUT2D eigenvalue weighted by atomic mass is 10.3. The van der Waals surface area contributed by atoms with Gasteiger partial charge in [-0.25, -0.2) is 4.98 Å². The summed E-state index contributed by atoms with van der Waals surface area (Å²) in [6.07, 6.45) is 1.54. The lowest BCUT2D eigenvalue weighted by molar-refractivity contribution is -0.123. The Morgan fingerprint density at radius 1 is 1.38 bits per heavy atom. The number of carbonyl (C=O) groups is 2. The Labute approximate surface area is 142 Å². The monoisotopic (exact) mass is 340 g/mol. The third-order valence-electron chi connectivity index (χ3n) is 3.26. The van der Waals surface area contributed by atoms with Crippen LogP contribution in [0.25, 0.3) is 0 Å². The molecule has 0 aliphatic carbocycles. The van der Waals surface area contributed by atoms with Gasteiger partial charge < -0.3 is 10.1 Å². The molecule has 0 spiro atoms. The average Bonchev–Trinajstić information content (AvgIpc) is 2.59. The molecule has 0 unspecified atom stereocenters. The third-order valence-corrected chi connectivity index (χ3v) is 3.86. The summed E-state index contributed by atoms with van der Waals surface area (Å²) in [6.45, 7) is -0.271. The molecule has 7 nitrogen and oxygen atoms in total. The Bertz CT molecular complexity index is 817. The van der Waals surface area contributed by atoms with Crippen LogP contribution in [0.1, 0.15) is 0 Å². The Balaban J connectivity index is 1.68. The molecule has 2 heterocycles. The molecule has 2 amide bonds. The quantitative estimate of drug-likeness (QED) is 0.676. The number of carbonyl (C=O) groups excluding carboxylic acids is 2. The lowest BCUT2D eigenvalue weighted by Crippen LogP contribution is -2.43. The molecule has 0 atom stereocenters. The number of pyridine rings is 1. The van der Waals surface area contributed by atoms with Crippen molar-refractivity contribution < 1.29 is 14.3 Å². The predicted molar refractivity (Wildman–Crippen MR) is 88.6 cm³/mol. The maximum absolute atomic E-state index is 12.2. The molecule has 3 rings (SSSR count). The summed E-state index contributed by atoms with van der Waals surface area (Å²) >= 11 is 1.04. The molecule has 0 radical (unpaired) electrons. The van der Waals surface area contributed by atoms with Crippen LogP contribution in [0.5, 0.6) is 5.75 Å². The van der Waals surface area contributed by atoms with E-state index in [1.54, 1.807) is 36.4 Å². The Hall–Kier alpha value is -3.05. The fraction of sp³-hybridized carbons (Fsp3) is 0.125. The number of thiocyanates is 1. The topological polar surface area (TPSA) is 95.3 Å². The Morgan fingerprint density at radius 3 is 2.92 bits per heavy atom. The van der Waals surface area contributed by atoms with Gasteiger partial charge in [-0.2, -0.15) is 5.26 Å². The number of anilines is 2. The average molecular weight is 340 g/mol. The van der Waals surface area contributed by atoms with E-state index in [0.717, 1.165) is 16.7 Å². The summed E-state index contributed by atoms with van der Waals surface area (Å²) in [4.78, 5) is 30.4. The van der Waals surface area contributed by atoms with Crippen molar-refractivity contribution in [1.82, 2.24) is 4.98 Å². The van der Waals surface area contributed by atoms with Crippen LogP contribution in [0.15, 0.2) is 47.5 Å². The molecule has 1 aliphatic heterocycles. The highest BCUT2D eigenvalue weighted by atomic mass is 32.2. The van der Waals surface area contributed by atoms with Crippen molar-refractivity contribution in [2.45, 2.75) is 4.90 Å².